The van der Waals surface area contributed by atoms with Crippen molar-refractivity contribution in [1.82, 2.24) is 10.6 Å². The molecule has 0 unspecified atom stereocenters. The first-order valence-corrected chi connectivity index (χ1v) is 8.02. The number of benzene rings is 1. The number of carbonyl (C=O) groups excluding carboxylic acids is 1. The van der Waals surface area contributed by atoms with Crippen LogP contribution < -0.4 is 10.6 Å². The molecule has 1 amide bonds. The predicted molar refractivity (Wildman–Crippen MR) is 86.7 cm³/mol. The third kappa shape index (κ3) is 7.71. The summed E-state index contributed by atoms with van der Waals surface area (Å²) >= 11 is 0. The number of unbranched alkanes of at least 4 members (excludes halogenated alkanes) is 5. The van der Waals surface area contributed by atoms with E-state index in [2.05, 4.69) is 17.6 Å². The van der Waals surface area contributed by atoms with Crippen LogP contribution in [0.1, 0.15) is 55.8 Å². The molecular formula is C17H28N2O2. The van der Waals surface area contributed by atoms with E-state index in [0.29, 0.717) is 12.1 Å². The number of phenols is 1. The van der Waals surface area contributed by atoms with Gasteiger partial charge in [0.2, 0.25) is 0 Å². The highest BCUT2D eigenvalue weighted by Gasteiger charge is 2.08. The Morgan fingerprint density at radius 1 is 1.00 bits per heavy atom. The minimum Gasteiger partial charge on any atom is -0.507 e. The van der Waals surface area contributed by atoms with E-state index in [9.17, 15) is 9.90 Å². The number of phenolic OH excluding ortho intramolecular Hbond substituents is 1. The van der Waals surface area contributed by atoms with Crippen molar-refractivity contribution in [3.63, 3.8) is 0 Å². The van der Waals surface area contributed by atoms with Crippen molar-refractivity contribution in [1.29, 1.82) is 0 Å². The number of rotatable bonds is 11. The fourth-order valence-corrected chi connectivity index (χ4v) is 2.18. The van der Waals surface area contributed by atoms with Gasteiger partial charge in [-0.3, -0.25) is 4.79 Å². The third-order valence-electron chi connectivity index (χ3n) is 3.44. The van der Waals surface area contributed by atoms with Gasteiger partial charge in [0.05, 0.1) is 5.56 Å². The molecule has 4 heteroatoms. The van der Waals surface area contributed by atoms with Crippen LogP contribution in [0.25, 0.3) is 0 Å². The average molecular weight is 292 g/mol. The molecule has 0 heterocycles. The summed E-state index contributed by atoms with van der Waals surface area (Å²) in [7, 11) is 0. The number of hydrogen-bond donors (Lipinski definition) is 3. The minimum atomic E-state index is -0.227. The summed E-state index contributed by atoms with van der Waals surface area (Å²) < 4.78 is 0. The molecule has 21 heavy (non-hydrogen) atoms. The molecular weight excluding hydrogens is 264 g/mol. The molecule has 0 saturated carbocycles. The van der Waals surface area contributed by atoms with Gasteiger partial charge >= 0.3 is 0 Å². The minimum absolute atomic E-state index is 0.0232. The number of nitrogens with one attached hydrogen (secondary N) is 2. The molecule has 4 nitrogen and oxygen atoms in total. The molecule has 1 aromatic carbocycles. The molecule has 3 N–H and O–H groups in total. The van der Waals surface area contributed by atoms with E-state index in [4.69, 9.17) is 0 Å². The van der Waals surface area contributed by atoms with Crippen LogP contribution in [0.15, 0.2) is 24.3 Å². The standard InChI is InChI=1S/C17H28N2O2/c1-2-3-4-5-6-9-12-18-13-14-19-17(21)15-10-7-8-11-16(15)20/h7-8,10-11,18,20H,2-6,9,12-14H2,1H3,(H,19,21). The average Bonchev–Trinajstić information content (AvgIpc) is 2.49. The number of hydrogen-bond acceptors (Lipinski definition) is 3. The molecule has 0 aliphatic rings. The highest BCUT2D eigenvalue weighted by Crippen LogP contribution is 2.14. The zero-order chi connectivity index (χ0) is 15.3. The van der Waals surface area contributed by atoms with Crippen molar-refractivity contribution in [2.45, 2.75) is 45.4 Å². The number of carbonyl (C=O) groups is 1. The summed E-state index contributed by atoms with van der Waals surface area (Å²) in [5.74, 6) is -0.204. The quantitative estimate of drug-likeness (QED) is 0.549. The van der Waals surface area contributed by atoms with E-state index in [1.807, 2.05) is 0 Å². The van der Waals surface area contributed by atoms with Crippen molar-refractivity contribution in [2.24, 2.45) is 0 Å². The second-order valence-electron chi connectivity index (χ2n) is 5.29. The Bertz CT molecular complexity index is 408. The normalized spacial score (nSPS) is 10.5. The maximum Gasteiger partial charge on any atom is 0.255 e. The maximum atomic E-state index is 11.8. The van der Waals surface area contributed by atoms with E-state index in [1.165, 1.54) is 44.6 Å². The second-order valence-corrected chi connectivity index (χ2v) is 5.29. The summed E-state index contributed by atoms with van der Waals surface area (Å²) in [6, 6.07) is 6.58. The van der Waals surface area contributed by atoms with Gasteiger partial charge in [-0.1, -0.05) is 51.2 Å². The highest BCUT2D eigenvalue weighted by molar-refractivity contribution is 5.96. The van der Waals surface area contributed by atoms with E-state index in [1.54, 1.807) is 18.2 Å². The lowest BCUT2D eigenvalue weighted by Gasteiger charge is -2.08. The Morgan fingerprint density at radius 3 is 2.48 bits per heavy atom. The van der Waals surface area contributed by atoms with Crippen LogP contribution in [0.4, 0.5) is 0 Å². The molecule has 1 rings (SSSR count). The lowest BCUT2D eigenvalue weighted by Crippen LogP contribution is -2.32. The number of aromatic hydroxyl groups is 1. The van der Waals surface area contributed by atoms with Crippen LogP contribution in [-0.2, 0) is 0 Å². The van der Waals surface area contributed by atoms with Gasteiger partial charge < -0.3 is 15.7 Å². The summed E-state index contributed by atoms with van der Waals surface area (Å²) in [5.41, 5.74) is 0.327. The van der Waals surface area contributed by atoms with Crippen molar-refractivity contribution >= 4 is 5.91 Å². The fraction of sp³-hybridized carbons (Fsp3) is 0.588. The first-order valence-electron chi connectivity index (χ1n) is 8.02. The van der Waals surface area contributed by atoms with Crippen LogP contribution in [0.3, 0.4) is 0 Å². The lowest BCUT2D eigenvalue weighted by molar-refractivity contribution is 0.0951. The third-order valence-corrected chi connectivity index (χ3v) is 3.44. The van der Waals surface area contributed by atoms with Crippen molar-refractivity contribution in [2.75, 3.05) is 19.6 Å². The van der Waals surface area contributed by atoms with Crippen LogP contribution >= 0.6 is 0 Å². The van der Waals surface area contributed by atoms with Crippen molar-refractivity contribution in [3.8, 4) is 5.75 Å². The molecule has 0 atom stereocenters. The fourth-order valence-electron chi connectivity index (χ4n) is 2.18. The smallest absolute Gasteiger partial charge is 0.255 e. The Balaban J connectivity index is 1.99. The molecule has 0 saturated heterocycles. The van der Waals surface area contributed by atoms with E-state index in [-0.39, 0.29) is 11.7 Å². The van der Waals surface area contributed by atoms with Gasteiger partial charge in [0.25, 0.3) is 5.91 Å². The molecule has 0 aliphatic carbocycles. The molecule has 0 aromatic heterocycles. The van der Waals surface area contributed by atoms with Gasteiger partial charge in [-0.15, -0.1) is 0 Å². The van der Waals surface area contributed by atoms with Crippen LogP contribution in [0.5, 0.6) is 5.75 Å². The summed E-state index contributed by atoms with van der Waals surface area (Å²) in [4.78, 5) is 11.8. The maximum absolute atomic E-state index is 11.8. The monoisotopic (exact) mass is 292 g/mol. The molecule has 0 aliphatic heterocycles. The van der Waals surface area contributed by atoms with Crippen molar-refractivity contribution in [3.05, 3.63) is 29.8 Å². The molecule has 118 valence electrons. The molecule has 1 aromatic rings. The zero-order valence-corrected chi connectivity index (χ0v) is 13.0. The van der Waals surface area contributed by atoms with Crippen molar-refractivity contribution < 1.29 is 9.90 Å². The van der Waals surface area contributed by atoms with Crippen LogP contribution in [0, 0.1) is 0 Å². The summed E-state index contributed by atoms with van der Waals surface area (Å²) in [6.07, 6.45) is 7.75. The first kappa shape index (κ1) is 17.5. The Labute approximate surface area is 128 Å². The van der Waals surface area contributed by atoms with Gasteiger partial charge in [-0.05, 0) is 25.1 Å². The molecule has 0 bridgehead atoms. The number of para-hydroxylation sites is 1. The zero-order valence-electron chi connectivity index (χ0n) is 13.0. The second kappa shape index (κ2) is 11.1. The highest BCUT2D eigenvalue weighted by atomic mass is 16.3. The topological polar surface area (TPSA) is 61.4 Å². The lowest BCUT2D eigenvalue weighted by atomic mass is 10.1. The summed E-state index contributed by atoms with van der Waals surface area (Å²) in [6.45, 7) is 4.56. The summed E-state index contributed by atoms with van der Waals surface area (Å²) in [5, 5.41) is 15.7. The van der Waals surface area contributed by atoms with Gasteiger partial charge in [-0.25, -0.2) is 0 Å². The Morgan fingerprint density at radius 2 is 1.71 bits per heavy atom. The Hall–Kier alpha value is -1.55. The van der Waals surface area contributed by atoms with E-state index >= 15 is 0 Å². The van der Waals surface area contributed by atoms with Gasteiger partial charge in [-0.2, -0.15) is 0 Å². The van der Waals surface area contributed by atoms with Gasteiger partial charge in [0, 0.05) is 13.1 Å². The van der Waals surface area contributed by atoms with Gasteiger partial charge in [0.15, 0.2) is 0 Å². The first-order chi connectivity index (χ1) is 10.3. The number of amides is 1. The SMILES string of the molecule is CCCCCCCCNCCNC(=O)c1ccccc1O. The predicted octanol–water partition coefficient (Wildman–Crippen LogP) is 3.07. The van der Waals surface area contributed by atoms with Gasteiger partial charge in [0.1, 0.15) is 5.75 Å². The van der Waals surface area contributed by atoms with Crippen LogP contribution in [0.2, 0.25) is 0 Å². The molecule has 0 radical (unpaired) electrons. The molecule has 0 spiro atoms. The Kier molecular flexibility index (Phi) is 9.29. The van der Waals surface area contributed by atoms with E-state index in [0.717, 1.165) is 13.1 Å². The van der Waals surface area contributed by atoms with Crippen LogP contribution in [-0.4, -0.2) is 30.6 Å². The van der Waals surface area contributed by atoms with E-state index < -0.39 is 0 Å². The molecule has 0 fully saturated rings. The largest absolute Gasteiger partial charge is 0.507 e.